The van der Waals surface area contributed by atoms with Crippen LogP contribution in [0.3, 0.4) is 0 Å². The number of benzene rings is 2. The number of thioether (sulfide) groups is 1. The molecule has 1 N–H and O–H groups in total. The summed E-state index contributed by atoms with van der Waals surface area (Å²) in [5, 5.41) is 3.42. The summed E-state index contributed by atoms with van der Waals surface area (Å²) < 4.78 is 0. The molecule has 0 unspecified atom stereocenters. The van der Waals surface area contributed by atoms with Crippen LogP contribution in [0.2, 0.25) is 5.02 Å². The summed E-state index contributed by atoms with van der Waals surface area (Å²) in [7, 11) is 0. The van der Waals surface area contributed by atoms with E-state index in [9.17, 15) is 4.79 Å². The molecule has 0 aliphatic heterocycles. The first-order valence-electron chi connectivity index (χ1n) is 6.23. The molecule has 20 heavy (non-hydrogen) atoms. The quantitative estimate of drug-likeness (QED) is 0.815. The van der Waals surface area contributed by atoms with E-state index in [-0.39, 0.29) is 5.91 Å². The number of nitrogens with one attached hydrogen (secondary N) is 1. The zero-order chi connectivity index (χ0) is 14.7. The lowest BCUT2D eigenvalue weighted by Crippen LogP contribution is -2.13. The van der Waals surface area contributed by atoms with Gasteiger partial charge in [0.05, 0.1) is 10.7 Å². The van der Waals surface area contributed by atoms with Crippen molar-refractivity contribution in [2.45, 2.75) is 18.7 Å². The predicted molar refractivity (Wildman–Crippen MR) is 87.1 cm³/mol. The Hall–Kier alpha value is -1.45. The molecule has 2 rings (SSSR count). The van der Waals surface area contributed by atoms with Crippen LogP contribution in [0.1, 0.15) is 21.5 Å². The third-order valence-electron chi connectivity index (χ3n) is 3.06. The van der Waals surface area contributed by atoms with Crippen molar-refractivity contribution in [2.75, 3.05) is 11.6 Å². The maximum atomic E-state index is 12.4. The molecule has 0 atom stereocenters. The van der Waals surface area contributed by atoms with E-state index < -0.39 is 0 Å². The first kappa shape index (κ1) is 14.9. The first-order valence-corrected chi connectivity index (χ1v) is 7.83. The van der Waals surface area contributed by atoms with E-state index in [0.717, 1.165) is 16.0 Å². The van der Waals surface area contributed by atoms with Crippen LogP contribution in [-0.2, 0) is 0 Å². The van der Waals surface area contributed by atoms with E-state index in [2.05, 4.69) is 5.32 Å². The summed E-state index contributed by atoms with van der Waals surface area (Å²) in [5.41, 5.74) is 3.32. The van der Waals surface area contributed by atoms with Gasteiger partial charge in [0.15, 0.2) is 0 Å². The molecule has 0 heterocycles. The molecule has 2 aromatic carbocycles. The minimum absolute atomic E-state index is 0.135. The van der Waals surface area contributed by atoms with Crippen LogP contribution in [-0.4, -0.2) is 12.2 Å². The lowest BCUT2D eigenvalue weighted by molar-refractivity contribution is 0.102. The average Bonchev–Trinajstić information content (AvgIpc) is 2.42. The van der Waals surface area contributed by atoms with Crippen molar-refractivity contribution in [3.8, 4) is 0 Å². The molecule has 2 aromatic rings. The second kappa shape index (κ2) is 6.33. The number of hydrogen-bond donors (Lipinski definition) is 1. The molecule has 0 bridgehead atoms. The fourth-order valence-electron chi connectivity index (χ4n) is 1.88. The molecule has 0 aliphatic rings. The number of carbonyl (C=O) groups excluding carboxylic acids is 1. The van der Waals surface area contributed by atoms with Crippen LogP contribution in [0.4, 0.5) is 5.69 Å². The number of aryl methyl sites for hydroxylation is 2. The second-order valence-corrected chi connectivity index (χ2v) is 5.91. The summed E-state index contributed by atoms with van der Waals surface area (Å²) in [4.78, 5) is 13.4. The Morgan fingerprint density at radius 2 is 1.90 bits per heavy atom. The molecular weight excluding hydrogens is 290 g/mol. The summed E-state index contributed by atoms with van der Waals surface area (Å²) in [6.07, 6.45) is 1.99. The normalized spacial score (nSPS) is 10.4. The van der Waals surface area contributed by atoms with Gasteiger partial charge in [0, 0.05) is 10.5 Å². The van der Waals surface area contributed by atoms with Crippen LogP contribution in [0.5, 0.6) is 0 Å². The highest BCUT2D eigenvalue weighted by molar-refractivity contribution is 7.98. The Balaban J connectivity index is 2.28. The van der Waals surface area contributed by atoms with Crippen LogP contribution < -0.4 is 5.32 Å². The largest absolute Gasteiger partial charge is 0.321 e. The predicted octanol–water partition coefficient (Wildman–Crippen LogP) is 4.93. The van der Waals surface area contributed by atoms with Gasteiger partial charge in [-0.1, -0.05) is 23.7 Å². The van der Waals surface area contributed by atoms with Gasteiger partial charge < -0.3 is 5.32 Å². The van der Waals surface area contributed by atoms with Gasteiger partial charge in [-0.15, -0.1) is 11.8 Å². The summed E-state index contributed by atoms with van der Waals surface area (Å²) in [6.45, 7) is 3.89. The highest BCUT2D eigenvalue weighted by Gasteiger charge is 2.11. The molecule has 0 spiro atoms. The maximum Gasteiger partial charge on any atom is 0.256 e. The number of anilines is 1. The summed E-state index contributed by atoms with van der Waals surface area (Å²) in [5.74, 6) is -0.135. The van der Waals surface area contributed by atoms with Gasteiger partial charge in [-0.25, -0.2) is 0 Å². The number of amides is 1. The number of carbonyl (C=O) groups is 1. The highest BCUT2D eigenvalue weighted by Crippen LogP contribution is 2.25. The number of halogens is 1. The van der Waals surface area contributed by atoms with E-state index in [0.29, 0.717) is 16.3 Å². The van der Waals surface area contributed by atoms with Gasteiger partial charge in [0.25, 0.3) is 5.91 Å². The van der Waals surface area contributed by atoms with Gasteiger partial charge in [-0.2, -0.15) is 0 Å². The lowest BCUT2D eigenvalue weighted by Gasteiger charge is -2.10. The molecule has 0 aromatic heterocycles. The molecule has 1 amide bonds. The third kappa shape index (κ3) is 3.35. The zero-order valence-corrected chi connectivity index (χ0v) is 13.2. The van der Waals surface area contributed by atoms with Crippen LogP contribution in [0, 0.1) is 13.8 Å². The molecule has 2 nitrogen and oxygen atoms in total. The first-order chi connectivity index (χ1) is 9.51. The Bertz CT molecular complexity index is 655. The molecule has 0 saturated carbocycles. The van der Waals surface area contributed by atoms with Crippen molar-refractivity contribution in [1.82, 2.24) is 0 Å². The number of hydrogen-bond acceptors (Lipinski definition) is 2. The molecule has 0 aliphatic carbocycles. The van der Waals surface area contributed by atoms with Gasteiger partial charge in [0.1, 0.15) is 0 Å². The SMILES string of the molecule is CSc1ccc(C)c(C(=O)Nc2ccc(C)cc2Cl)c1. The molecule has 0 radical (unpaired) electrons. The smallest absolute Gasteiger partial charge is 0.256 e. The van der Waals surface area contributed by atoms with Crippen LogP contribution in [0.15, 0.2) is 41.3 Å². The summed E-state index contributed by atoms with van der Waals surface area (Å²) >= 11 is 7.75. The van der Waals surface area contributed by atoms with Gasteiger partial charge >= 0.3 is 0 Å². The van der Waals surface area contributed by atoms with Crippen LogP contribution >= 0.6 is 23.4 Å². The minimum Gasteiger partial charge on any atom is -0.321 e. The van der Waals surface area contributed by atoms with Crippen molar-refractivity contribution < 1.29 is 4.79 Å². The minimum atomic E-state index is -0.135. The Morgan fingerprint density at radius 3 is 2.55 bits per heavy atom. The zero-order valence-electron chi connectivity index (χ0n) is 11.7. The van der Waals surface area contributed by atoms with E-state index >= 15 is 0 Å². The monoisotopic (exact) mass is 305 g/mol. The molecule has 4 heteroatoms. The standard InChI is InChI=1S/C16H16ClNOS/c1-10-4-7-15(14(17)8-10)18-16(19)13-9-12(20-3)6-5-11(13)2/h4-9H,1-3H3,(H,18,19). The number of rotatable bonds is 3. The maximum absolute atomic E-state index is 12.4. The lowest BCUT2D eigenvalue weighted by atomic mass is 10.1. The fraction of sp³-hybridized carbons (Fsp3) is 0.188. The van der Waals surface area contributed by atoms with Gasteiger partial charge in [-0.05, 0) is 55.5 Å². The van der Waals surface area contributed by atoms with E-state index in [1.807, 2.05) is 56.5 Å². The van der Waals surface area contributed by atoms with Crippen LogP contribution in [0.25, 0.3) is 0 Å². The van der Waals surface area contributed by atoms with E-state index in [1.54, 1.807) is 11.8 Å². The van der Waals surface area contributed by atoms with Crippen molar-refractivity contribution in [3.05, 3.63) is 58.1 Å². The van der Waals surface area contributed by atoms with Crippen molar-refractivity contribution in [2.24, 2.45) is 0 Å². The Kier molecular flexibility index (Phi) is 4.73. The van der Waals surface area contributed by atoms with E-state index in [4.69, 9.17) is 11.6 Å². The Labute approximate surface area is 128 Å². The highest BCUT2D eigenvalue weighted by atomic mass is 35.5. The third-order valence-corrected chi connectivity index (χ3v) is 4.10. The average molecular weight is 306 g/mol. The van der Waals surface area contributed by atoms with Gasteiger partial charge in [-0.3, -0.25) is 4.79 Å². The molecule has 0 fully saturated rings. The molecular formula is C16H16ClNOS. The van der Waals surface area contributed by atoms with Crippen molar-refractivity contribution in [1.29, 1.82) is 0 Å². The van der Waals surface area contributed by atoms with Crippen molar-refractivity contribution in [3.63, 3.8) is 0 Å². The Morgan fingerprint density at radius 1 is 1.15 bits per heavy atom. The van der Waals surface area contributed by atoms with Crippen molar-refractivity contribution >= 4 is 35.0 Å². The van der Waals surface area contributed by atoms with Gasteiger partial charge in [0.2, 0.25) is 0 Å². The van der Waals surface area contributed by atoms with E-state index in [1.165, 1.54) is 0 Å². The second-order valence-electron chi connectivity index (χ2n) is 4.62. The summed E-state index contributed by atoms with van der Waals surface area (Å²) in [6, 6.07) is 11.4. The molecule has 0 saturated heterocycles. The topological polar surface area (TPSA) is 29.1 Å². The molecule has 104 valence electrons. The fourth-order valence-corrected chi connectivity index (χ4v) is 2.61.